The van der Waals surface area contributed by atoms with Crippen LogP contribution in [0.1, 0.15) is 5.56 Å². The Hall–Kier alpha value is -0.290. The standard InChI is InChI=1S/C13H8Br2Cl2FN/c14-8-4-10(16)13(11(17)5-8)19-6-7-1-2-12(18)9(15)3-7/h1-5,19H,6H2. The number of benzene rings is 2. The second-order valence-corrected chi connectivity index (χ2v) is 6.43. The zero-order chi connectivity index (χ0) is 14.0. The Bertz CT molecular complexity index is 597. The van der Waals surface area contributed by atoms with Crippen LogP contribution < -0.4 is 5.32 Å². The first-order chi connectivity index (χ1) is 8.97. The smallest absolute Gasteiger partial charge is 0.137 e. The molecule has 0 aliphatic carbocycles. The molecule has 2 rings (SSSR count). The molecule has 0 aliphatic heterocycles. The topological polar surface area (TPSA) is 12.0 Å². The molecule has 0 aromatic heterocycles. The number of hydrogen-bond acceptors (Lipinski definition) is 1. The summed E-state index contributed by atoms with van der Waals surface area (Å²) in [5, 5.41) is 4.20. The SMILES string of the molecule is Fc1ccc(CNc2c(Cl)cc(Br)cc2Cl)cc1Br. The fourth-order valence-corrected chi connectivity index (χ4v) is 3.32. The highest BCUT2D eigenvalue weighted by molar-refractivity contribution is 9.10. The summed E-state index contributed by atoms with van der Waals surface area (Å²) in [6.45, 7) is 0.500. The molecule has 1 nitrogen and oxygen atoms in total. The van der Waals surface area contributed by atoms with Gasteiger partial charge in [-0.25, -0.2) is 4.39 Å². The van der Waals surface area contributed by atoms with E-state index in [0.29, 0.717) is 26.8 Å². The van der Waals surface area contributed by atoms with Crippen LogP contribution in [0.25, 0.3) is 0 Å². The molecule has 0 radical (unpaired) electrons. The Labute approximate surface area is 137 Å². The maximum atomic E-state index is 13.1. The predicted molar refractivity (Wildman–Crippen MR) is 85.6 cm³/mol. The fraction of sp³-hybridized carbons (Fsp3) is 0.0769. The molecule has 0 unspecified atom stereocenters. The van der Waals surface area contributed by atoms with Crippen LogP contribution in [0.2, 0.25) is 10.0 Å². The minimum absolute atomic E-state index is 0.288. The van der Waals surface area contributed by atoms with Crippen molar-refractivity contribution in [2.45, 2.75) is 6.54 Å². The van der Waals surface area contributed by atoms with E-state index >= 15 is 0 Å². The molecular formula is C13H8Br2Cl2FN. The minimum Gasteiger partial charge on any atom is -0.379 e. The van der Waals surface area contributed by atoms with Crippen LogP contribution in [0.3, 0.4) is 0 Å². The van der Waals surface area contributed by atoms with E-state index in [9.17, 15) is 4.39 Å². The van der Waals surface area contributed by atoms with Crippen LogP contribution in [0.5, 0.6) is 0 Å². The number of halogens is 5. The summed E-state index contributed by atoms with van der Waals surface area (Å²) in [5.41, 5.74) is 1.58. The fourth-order valence-electron chi connectivity index (χ4n) is 1.55. The second-order valence-electron chi connectivity index (χ2n) is 3.85. The lowest BCUT2D eigenvalue weighted by Crippen LogP contribution is -2.01. The number of anilines is 1. The van der Waals surface area contributed by atoms with Crippen LogP contribution in [0, 0.1) is 5.82 Å². The third-order valence-corrected chi connectivity index (χ3v) is 4.12. The van der Waals surface area contributed by atoms with Crippen molar-refractivity contribution in [3.05, 3.63) is 60.7 Å². The number of hydrogen-bond donors (Lipinski definition) is 1. The molecule has 0 bridgehead atoms. The van der Waals surface area contributed by atoms with Gasteiger partial charge in [0.2, 0.25) is 0 Å². The minimum atomic E-state index is -0.288. The summed E-state index contributed by atoms with van der Waals surface area (Å²) in [7, 11) is 0. The van der Waals surface area contributed by atoms with E-state index in [1.807, 2.05) is 0 Å². The summed E-state index contributed by atoms with van der Waals surface area (Å²) in [4.78, 5) is 0. The highest BCUT2D eigenvalue weighted by Gasteiger charge is 2.08. The molecule has 2 aromatic carbocycles. The van der Waals surface area contributed by atoms with E-state index in [1.165, 1.54) is 6.07 Å². The van der Waals surface area contributed by atoms with Crippen LogP contribution in [0.15, 0.2) is 39.3 Å². The second kappa shape index (κ2) is 6.44. The monoisotopic (exact) mass is 425 g/mol. The van der Waals surface area contributed by atoms with E-state index in [4.69, 9.17) is 23.2 Å². The molecule has 0 saturated carbocycles. The van der Waals surface area contributed by atoms with Gasteiger partial charge in [0, 0.05) is 11.0 Å². The Kier molecular flexibility index (Phi) is 5.12. The normalized spacial score (nSPS) is 10.6. The molecule has 0 aliphatic rings. The first kappa shape index (κ1) is 15.1. The van der Waals surface area contributed by atoms with Gasteiger partial charge >= 0.3 is 0 Å². The maximum Gasteiger partial charge on any atom is 0.137 e. The van der Waals surface area contributed by atoms with Gasteiger partial charge in [0.05, 0.1) is 20.2 Å². The summed E-state index contributed by atoms with van der Waals surface area (Å²) >= 11 is 18.7. The van der Waals surface area contributed by atoms with E-state index in [2.05, 4.69) is 37.2 Å². The molecule has 1 N–H and O–H groups in total. The van der Waals surface area contributed by atoms with Crippen molar-refractivity contribution in [1.82, 2.24) is 0 Å². The lowest BCUT2D eigenvalue weighted by molar-refractivity contribution is 0.620. The van der Waals surface area contributed by atoms with Gasteiger partial charge in [-0.2, -0.15) is 0 Å². The van der Waals surface area contributed by atoms with Gasteiger partial charge in [-0.1, -0.05) is 45.2 Å². The molecule has 0 atom stereocenters. The Morgan fingerprint density at radius 3 is 2.26 bits per heavy atom. The van der Waals surface area contributed by atoms with E-state index in [-0.39, 0.29) is 5.82 Å². The number of nitrogens with one attached hydrogen (secondary N) is 1. The van der Waals surface area contributed by atoms with Crippen molar-refractivity contribution in [3.63, 3.8) is 0 Å². The largest absolute Gasteiger partial charge is 0.379 e. The molecule has 6 heteroatoms. The number of rotatable bonds is 3. The quantitative estimate of drug-likeness (QED) is 0.608. The van der Waals surface area contributed by atoms with Gasteiger partial charge in [-0.3, -0.25) is 0 Å². The van der Waals surface area contributed by atoms with Crippen molar-refractivity contribution in [1.29, 1.82) is 0 Å². The maximum absolute atomic E-state index is 13.1. The highest BCUT2D eigenvalue weighted by Crippen LogP contribution is 2.34. The van der Waals surface area contributed by atoms with E-state index in [0.717, 1.165) is 10.0 Å². The molecule has 2 aromatic rings. The van der Waals surface area contributed by atoms with Crippen molar-refractivity contribution < 1.29 is 4.39 Å². The van der Waals surface area contributed by atoms with Crippen molar-refractivity contribution >= 4 is 60.7 Å². The Morgan fingerprint density at radius 2 is 1.68 bits per heavy atom. The molecular weight excluding hydrogens is 420 g/mol. The van der Waals surface area contributed by atoms with Crippen molar-refractivity contribution in [3.8, 4) is 0 Å². The van der Waals surface area contributed by atoms with Gasteiger partial charge in [0.15, 0.2) is 0 Å². The molecule has 19 heavy (non-hydrogen) atoms. The highest BCUT2D eigenvalue weighted by atomic mass is 79.9. The molecule has 0 spiro atoms. The van der Waals surface area contributed by atoms with E-state index < -0.39 is 0 Å². The molecule has 100 valence electrons. The lowest BCUT2D eigenvalue weighted by Gasteiger charge is -2.11. The Morgan fingerprint density at radius 1 is 1.05 bits per heavy atom. The zero-order valence-corrected chi connectivity index (χ0v) is 14.2. The average molecular weight is 428 g/mol. The van der Waals surface area contributed by atoms with Gasteiger partial charge in [0.25, 0.3) is 0 Å². The Balaban J connectivity index is 2.16. The summed E-state index contributed by atoms with van der Waals surface area (Å²) in [6.07, 6.45) is 0. The van der Waals surface area contributed by atoms with Gasteiger partial charge in [-0.05, 0) is 45.8 Å². The van der Waals surface area contributed by atoms with Gasteiger partial charge in [0.1, 0.15) is 5.82 Å². The van der Waals surface area contributed by atoms with Crippen LogP contribution in [-0.2, 0) is 6.54 Å². The van der Waals surface area contributed by atoms with Crippen LogP contribution in [-0.4, -0.2) is 0 Å². The molecule has 0 amide bonds. The zero-order valence-electron chi connectivity index (χ0n) is 9.48. The summed E-state index contributed by atoms with van der Waals surface area (Å²) in [5.74, 6) is -0.288. The summed E-state index contributed by atoms with van der Waals surface area (Å²) in [6, 6.07) is 8.34. The molecule has 0 saturated heterocycles. The molecule has 0 heterocycles. The first-order valence-corrected chi connectivity index (χ1v) is 7.64. The van der Waals surface area contributed by atoms with Crippen molar-refractivity contribution in [2.75, 3.05) is 5.32 Å². The van der Waals surface area contributed by atoms with Crippen LogP contribution >= 0.6 is 55.1 Å². The molecule has 0 fully saturated rings. The average Bonchev–Trinajstić information content (AvgIpc) is 2.32. The summed E-state index contributed by atoms with van der Waals surface area (Å²) < 4.78 is 14.4. The van der Waals surface area contributed by atoms with E-state index in [1.54, 1.807) is 24.3 Å². The van der Waals surface area contributed by atoms with Crippen molar-refractivity contribution in [2.24, 2.45) is 0 Å². The predicted octanol–water partition coefficient (Wildman–Crippen LogP) is 6.27. The first-order valence-electron chi connectivity index (χ1n) is 5.29. The lowest BCUT2D eigenvalue weighted by atomic mass is 10.2. The van der Waals surface area contributed by atoms with Gasteiger partial charge < -0.3 is 5.32 Å². The third kappa shape index (κ3) is 3.85. The van der Waals surface area contributed by atoms with Gasteiger partial charge in [-0.15, -0.1) is 0 Å². The third-order valence-electron chi connectivity index (χ3n) is 2.46. The van der Waals surface area contributed by atoms with Crippen LogP contribution in [0.4, 0.5) is 10.1 Å².